The Morgan fingerprint density at radius 3 is 2.79 bits per heavy atom. The van der Waals surface area contributed by atoms with Crippen LogP contribution in [0.5, 0.6) is 0 Å². The standard InChI is InChI=1S/C11H21NO2/c1-9(2)10-3-4-11(14)12(6-5-10)7-8-13/h9-10,13H,3-8H2,1-2H3. The second-order valence-corrected chi connectivity index (χ2v) is 4.44. The van der Waals surface area contributed by atoms with Crippen LogP contribution in [0.4, 0.5) is 0 Å². The van der Waals surface area contributed by atoms with E-state index < -0.39 is 0 Å². The van der Waals surface area contributed by atoms with Gasteiger partial charge < -0.3 is 10.0 Å². The maximum atomic E-state index is 11.6. The third kappa shape index (κ3) is 2.98. The summed E-state index contributed by atoms with van der Waals surface area (Å²) in [5.41, 5.74) is 0. The number of nitrogens with zero attached hydrogens (tertiary/aromatic N) is 1. The Hall–Kier alpha value is -0.570. The summed E-state index contributed by atoms with van der Waals surface area (Å²) in [7, 11) is 0. The number of aliphatic hydroxyl groups is 1. The molecule has 1 aliphatic heterocycles. The molecule has 1 aliphatic rings. The van der Waals surface area contributed by atoms with Crippen molar-refractivity contribution in [1.29, 1.82) is 0 Å². The quantitative estimate of drug-likeness (QED) is 0.743. The lowest BCUT2D eigenvalue weighted by atomic mass is 9.89. The molecule has 1 N–H and O–H groups in total. The number of hydrogen-bond donors (Lipinski definition) is 1. The van der Waals surface area contributed by atoms with Crippen molar-refractivity contribution in [3.63, 3.8) is 0 Å². The lowest BCUT2D eigenvalue weighted by Crippen LogP contribution is -2.32. The van der Waals surface area contributed by atoms with Gasteiger partial charge in [-0.05, 0) is 24.7 Å². The molecule has 1 rings (SSSR count). The fourth-order valence-electron chi connectivity index (χ4n) is 2.08. The van der Waals surface area contributed by atoms with Crippen molar-refractivity contribution >= 4 is 5.91 Å². The Labute approximate surface area is 86.1 Å². The Morgan fingerprint density at radius 2 is 2.21 bits per heavy atom. The van der Waals surface area contributed by atoms with Crippen molar-refractivity contribution in [2.24, 2.45) is 11.8 Å². The van der Waals surface area contributed by atoms with Crippen molar-refractivity contribution < 1.29 is 9.90 Å². The van der Waals surface area contributed by atoms with Gasteiger partial charge in [-0.1, -0.05) is 13.8 Å². The van der Waals surface area contributed by atoms with Crippen molar-refractivity contribution in [3.8, 4) is 0 Å². The monoisotopic (exact) mass is 199 g/mol. The molecule has 82 valence electrons. The van der Waals surface area contributed by atoms with Crippen molar-refractivity contribution in [3.05, 3.63) is 0 Å². The molecule has 1 unspecified atom stereocenters. The SMILES string of the molecule is CC(C)C1CCC(=O)N(CCO)CC1. The average Bonchev–Trinajstić information content (AvgIpc) is 2.30. The van der Waals surface area contributed by atoms with Gasteiger partial charge in [-0.25, -0.2) is 0 Å². The lowest BCUT2D eigenvalue weighted by Gasteiger charge is -2.20. The van der Waals surface area contributed by atoms with Crippen LogP contribution in [0.2, 0.25) is 0 Å². The van der Waals surface area contributed by atoms with Crippen LogP contribution in [0.15, 0.2) is 0 Å². The summed E-state index contributed by atoms with van der Waals surface area (Å²) in [6, 6.07) is 0. The number of carbonyl (C=O) groups excluding carboxylic acids is 1. The van der Waals surface area contributed by atoms with E-state index >= 15 is 0 Å². The second kappa shape index (κ2) is 5.35. The van der Waals surface area contributed by atoms with E-state index in [2.05, 4.69) is 13.8 Å². The minimum Gasteiger partial charge on any atom is -0.395 e. The predicted molar refractivity (Wildman–Crippen MR) is 55.8 cm³/mol. The van der Waals surface area contributed by atoms with Gasteiger partial charge in [-0.3, -0.25) is 4.79 Å². The Morgan fingerprint density at radius 1 is 1.50 bits per heavy atom. The molecule has 1 amide bonds. The van der Waals surface area contributed by atoms with Crippen LogP contribution >= 0.6 is 0 Å². The molecule has 0 aromatic heterocycles. The van der Waals surface area contributed by atoms with Crippen LogP contribution in [-0.2, 0) is 4.79 Å². The number of amides is 1. The van der Waals surface area contributed by atoms with Gasteiger partial charge in [0.2, 0.25) is 5.91 Å². The zero-order valence-electron chi connectivity index (χ0n) is 9.20. The molecule has 1 atom stereocenters. The fourth-order valence-corrected chi connectivity index (χ4v) is 2.08. The van der Waals surface area contributed by atoms with Crippen LogP contribution in [0.1, 0.15) is 33.1 Å². The first-order valence-electron chi connectivity index (χ1n) is 5.53. The number of aliphatic hydroxyl groups excluding tert-OH is 1. The van der Waals surface area contributed by atoms with E-state index in [4.69, 9.17) is 5.11 Å². The van der Waals surface area contributed by atoms with Gasteiger partial charge in [0, 0.05) is 19.5 Å². The summed E-state index contributed by atoms with van der Waals surface area (Å²) in [6.45, 7) is 5.84. The van der Waals surface area contributed by atoms with E-state index in [-0.39, 0.29) is 12.5 Å². The molecule has 0 aromatic carbocycles. The number of likely N-dealkylation sites (tertiary alicyclic amines) is 1. The molecule has 14 heavy (non-hydrogen) atoms. The van der Waals surface area contributed by atoms with Gasteiger partial charge in [-0.15, -0.1) is 0 Å². The van der Waals surface area contributed by atoms with E-state index in [0.717, 1.165) is 19.4 Å². The fraction of sp³-hybridized carbons (Fsp3) is 0.909. The topological polar surface area (TPSA) is 40.5 Å². The summed E-state index contributed by atoms with van der Waals surface area (Å²) in [6.07, 6.45) is 2.75. The zero-order chi connectivity index (χ0) is 10.6. The van der Waals surface area contributed by atoms with Crippen LogP contribution in [0.3, 0.4) is 0 Å². The Bertz CT molecular complexity index is 192. The zero-order valence-corrected chi connectivity index (χ0v) is 9.20. The highest BCUT2D eigenvalue weighted by Crippen LogP contribution is 2.24. The van der Waals surface area contributed by atoms with Gasteiger partial charge in [0.1, 0.15) is 0 Å². The smallest absolute Gasteiger partial charge is 0.222 e. The van der Waals surface area contributed by atoms with E-state index in [9.17, 15) is 4.79 Å². The van der Waals surface area contributed by atoms with Crippen molar-refractivity contribution in [2.75, 3.05) is 19.7 Å². The van der Waals surface area contributed by atoms with Gasteiger partial charge in [-0.2, -0.15) is 0 Å². The van der Waals surface area contributed by atoms with Crippen LogP contribution in [-0.4, -0.2) is 35.6 Å². The summed E-state index contributed by atoms with van der Waals surface area (Å²) >= 11 is 0. The molecule has 0 bridgehead atoms. The maximum Gasteiger partial charge on any atom is 0.222 e. The van der Waals surface area contributed by atoms with Crippen LogP contribution in [0, 0.1) is 11.8 Å². The first kappa shape index (κ1) is 11.5. The molecule has 1 saturated heterocycles. The van der Waals surface area contributed by atoms with Gasteiger partial charge in [0.25, 0.3) is 0 Å². The molecule has 0 spiro atoms. The van der Waals surface area contributed by atoms with Gasteiger partial charge in [0.15, 0.2) is 0 Å². The molecular weight excluding hydrogens is 178 g/mol. The summed E-state index contributed by atoms with van der Waals surface area (Å²) in [5.74, 6) is 1.54. The molecule has 0 aliphatic carbocycles. The Balaban J connectivity index is 2.49. The van der Waals surface area contributed by atoms with Crippen molar-refractivity contribution in [2.45, 2.75) is 33.1 Å². The summed E-state index contributed by atoms with van der Waals surface area (Å²) in [4.78, 5) is 13.4. The van der Waals surface area contributed by atoms with Gasteiger partial charge >= 0.3 is 0 Å². The van der Waals surface area contributed by atoms with Crippen LogP contribution in [0.25, 0.3) is 0 Å². The third-order valence-corrected chi connectivity index (χ3v) is 3.16. The summed E-state index contributed by atoms with van der Waals surface area (Å²) in [5, 5.41) is 8.81. The second-order valence-electron chi connectivity index (χ2n) is 4.44. The minimum atomic E-state index is 0.0814. The van der Waals surface area contributed by atoms with Crippen molar-refractivity contribution in [1.82, 2.24) is 4.90 Å². The summed E-state index contributed by atoms with van der Waals surface area (Å²) < 4.78 is 0. The highest BCUT2D eigenvalue weighted by Gasteiger charge is 2.23. The molecule has 0 saturated carbocycles. The Kier molecular flexibility index (Phi) is 4.39. The first-order chi connectivity index (χ1) is 6.65. The number of β-amino-alcohol motifs (C(OH)–C–C–N with tert-alkyl or cyclic N) is 1. The first-order valence-corrected chi connectivity index (χ1v) is 5.53. The highest BCUT2D eigenvalue weighted by molar-refractivity contribution is 5.76. The van der Waals surface area contributed by atoms with E-state index in [1.165, 1.54) is 0 Å². The normalized spacial score (nSPS) is 24.1. The molecule has 3 heteroatoms. The number of carbonyl (C=O) groups is 1. The maximum absolute atomic E-state index is 11.6. The highest BCUT2D eigenvalue weighted by atomic mass is 16.3. The molecular formula is C11H21NO2. The predicted octanol–water partition coefficient (Wildman–Crippen LogP) is 1.26. The lowest BCUT2D eigenvalue weighted by molar-refractivity contribution is -0.131. The molecule has 1 heterocycles. The largest absolute Gasteiger partial charge is 0.395 e. The minimum absolute atomic E-state index is 0.0814. The number of rotatable bonds is 3. The van der Waals surface area contributed by atoms with E-state index in [1.54, 1.807) is 4.90 Å². The van der Waals surface area contributed by atoms with E-state index in [0.29, 0.717) is 24.8 Å². The third-order valence-electron chi connectivity index (χ3n) is 3.16. The molecule has 1 fully saturated rings. The number of hydrogen-bond acceptors (Lipinski definition) is 2. The van der Waals surface area contributed by atoms with E-state index in [1.807, 2.05) is 0 Å². The average molecular weight is 199 g/mol. The molecule has 0 aromatic rings. The molecule has 3 nitrogen and oxygen atoms in total. The van der Waals surface area contributed by atoms with Gasteiger partial charge in [0.05, 0.1) is 6.61 Å². The molecule has 0 radical (unpaired) electrons. The van der Waals surface area contributed by atoms with Crippen LogP contribution < -0.4 is 0 Å².